The molecule has 0 bridgehead atoms. The average molecular weight is 211 g/mol. The third kappa shape index (κ3) is 2.59. The maximum absolute atomic E-state index is 12.0. The molecule has 1 aliphatic heterocycles. The summed E-state index contributed by atoms with van der Waals surface area (Å²) in [5, 5.41) is 0. The highest BCUT2D eigenvalue weighted by molar-refractivity contribution is 5.81. The largest absolute Gasteiger partial charge is 0.459 e. The number of likely N-dealkylation sites (N-methyl/N-ethyl adjacent to an activating group) is 1. The lowest BCUT2D eigenvalue weighted by Gasteiger charge is -2.28. The number of nitrogens with zero attached hydrogens (tertiary/aromatic N) is 1. The molecule has 0 saturated carbocycles. The summed E-state index contributed by atoms with van der Waals surface area (Å²) in [6.45, 7) is 13.0. The first-order chi connectivity index (χ1) is 6.65. The van der Waals surface area contributed by atoms with Crippen LogP contribution in [0.1, 0.15) is 27.7 Å². The Labute approximate surface area is 92.1 Å². The minimum Gasteiger partial charge on any atom is -0.459 e. The Kier molecular flexibility index (Phi) is 2.97. The zero-order valence-corrected chi connectivity index (χ0v) is 10.4. The number of carbonyl (C=O) groups excluding carboxylic acids is 1. The van der Waals surface area contributed by atoms with Crippen LogP contribution >= 0.6 is 0 Å². The number of esters is 1. The highest BCUT2D eigenvalue weighted by Crippen LogP contribution is 2.35. The maximum atomic E-state index is 12.0. The molecule has 0 radical (unpaired) electrons. The summed E-state index contributed by atoms with van der Waals surface area (Å²) in [5.41, 5.74) is -0.0249. The molecule has 0 aliphatic carbocycles. The van der Waals surface area contributed by atoms with Gasteiger partial charge in [0.15, 0.2) is 0 Å². The van der Waals surface area contributed by atoms with Crippen molar-refractivity contribution in [2.75, 3.05) is 20.1 Å². The van der Waals surface area contributed by atoms with Crippen molar-refractivity contribution in [1.82, 2.24) is 4.90 Å². The Bertz CT molecular complexity index is 290. The minimum atomic E-state index is -0.540. The fourth-order valence-electron chi connectivity index (χ4n) is 1.81. The van der Waals surface area contributed by atoms with Crippen LogP contribution in [0.15, 0.2) is 12.2 Å². The zero-order valence-electron chi connectivity index (χ0n) is 10.4. The van der Waals surface area contributed by atoms with Crippen LogP contribution in [-0.4, -0.2) is 36.6 Å². The molecule has 15 heavy (non-hydrogen) atoms. The van der Waals surface area contributed by atoms with Gasteiger partial charge in [-0.05, 0) is 40.3 Å². The van der Waals surface area contributed by atoms with Gasteiger partial charge in [-0.2, -0.15) is 0 Å². The van der Waals surface area contributed by atoms with Crippen molar-refractivity contribution in [1.29, 1.82) is 0 Å². The summed E-state index contributed by atoms with van der Waals surface area (Å²) < 4.78 is 5.42. The van der Waals surface area contributed by atoms with Gasteiger partial charge >= 0.3 is 5.97 Å². The van der Waals surface area contributed by atoms with Crippen molar-refractivity contribution in [3.05, 3.63) is 12.2 Å². The summed E-state index contributed by atoms with van der Waals surface area (Å²) >= 11 is 0. The van der Waals surface area contributed by atoms with Gasteiger partial charge in [-0.25, -0.2) is 0 Å². The predicted octanol–water partition coefficient (Wildman–Crippen LogP) is 1.84. The lowest BCUT2D eigenvalue weighted by atomic mass is 9.86. The SMILES string of the molecule is C=C1CN(C)C[C@@]1(C)C(=O)OC(C)(C)C. The van der Waals surface area contributed by atoms with Crippen molar-refractivity contribution in [2.24, 2.45) is 5.41 Å². The number of carbonyl (C=O) groups is 1. The van der Waals surface area contributed by atoms with Crippen LogP contribution in [-0.2, 0) is 9.53 Å². The van der Waals surface area contributed by atoms with E-state index in [2.05, 4.69) is 11.5 Å². The molecule has 1 saturated heterocycles. The summed E-state index contributed by atoms with van der Waals surface area (Å²) in [6.07, 6.45) is 0. The second kappa shape index (κ2) is 3.63. The Morgan fingerprint density at radius 3 is 2.40 bits per heavy atom. The van der Waals surface area contributed by atoms with Gasteiger partial charge < -0.3 is 9.64 Å². The van der Waals surface area contributed by atoms with Gasteiger partial charge in [-0.15, -0.1) is 0 Å². The van der Waals surface area contributed by atoms with Crippen molar-refractivity contribution in [3.63, 3.8) is 0 Å². The van der Waals surface area contributed by atoms with E-state index < -0.39 is 11.0 Å². The van der Waals surface area contributed by atoms with E-state index in [1.54, 1.807) is 0 Å². The molecule has 0 aromatic heterocycles. The standard InChI is InChI=1S/C12H21NO2/c1-9-7-13(6)8-12(9,5)10(14)15-11(2,3)4/h1,7-8H2,2-6H3/t12-/m1/s1. The first-order valence-corrected chi connectivity index (χ1v) is 5.25. The van der Waals surface area contributed by atoms with Crippen molar-refractivity contribution in [2.45, 2.75) is 33.3 Å². The Morgan fingerprint density at radius 2 is 2.07 bits per heavy atom. The molecule has 3 nitrogen and oxygen atoms in total. The molecule has 86 valence electrons. The second-order valence-corrected chi connectivity index (χ2v) is 5.61. The topological polar surface area (TPSA) is 29.5 Å². The highest BCUT2D eigenvalue weighted by atomic mass is 16.6. The van der Waals surface area contributed by atoms with Crippen LogP contribution in [0.3, 0.4) is 0 Å². The smallest absolute Gasteiger partial charge is 0.317 e. The van der Waals surface area contributed by atoms with E-state index in [1.807, 2.05) is 34.7 Å². The summed E-state index contributed by atoms with van der Waals surface area (Å²) in [7, 11) is 1.99. The Balaban J connectivity index is 2.79. The molecule has 1 aliphatic rings. The fraction of sp³-hybridized carbons (Fsp3) is 0.750. The number of hydrogen-bond acceptors (Lipinski definition) is 3. The molecular weight excluding hydrogens is 190 g/mol. The number of rotatable bonds is 1. The summed E-state index contributed by atoms with van der Waals surface area (Å²) in [6, 6.07) is 0. The van der Waals surface area contributed by atoms with E-state index in [0.29, 0.717) is 6.54 Å². The van der Waals surface area contributed by atoms with Crippen LogP contribution in [0.5, 0.6) is 0 Å². The number of likely N-dealkylation sites (tertiary alicyclic amines) is 1. The summed E-state index contributed by atoms with van der Waals surface area (Å²) in [5.74, 6) is -0.163. The maximum Gasteiger partial charge on any atom is 0.317 e. The average Bonchev–Trinajstić information content (AvgIpc) is 2.23. The van der Waals surface area contributed by atoms with Gasteiger partial charge in [0.25, 0.3) is 0 Å². The lowest BCUT2D eigenvalue weighted by Crippen LogP contribution is -2.38. The van der Waals surface area contributed by atoms with E-state index in [0.717, 1.165) is 12.1 Å². The molecule has 3 heteroatoms. The van der Waals surface area contributed by atoms with Crippen LogP contribution in [0.25, 0.3) is 0 Å². The van der Waals surface area contributed by atoms with Crippen LogP contribution in [0, 0.1) is 5.41 Å². The van der Waals surface area contributed by atoms with E-state index in [-0.39, 0.29) is 5.97 Å². The normalized spacial score (nSPS) is 28.2. The quantitative estimate of drug-likeness (QED) is 0.489. The molecule has 1 heterocycles. The Morgan fingerprint density at radius 1 is 1.53 bits per heavy atom. The molecule has 1 rings (SSSR count). The molecule has 0 aromatic rings. The second-order valence-electron chi connectivity index (χ2n) is 5.61. The van der Waals surface area contributed by atoms with E-state index in [1.165, 1.54) is 0 Å². The Hall–Kier alpha value is -0.830. The van der Waals surface area contributed by atoms with E-state index in [9.17, 15) is 4.79 Å². The molecule has 1 fully saturated rings. The molecule has 0 spiro atoms. The third-order valence-electron chi connectivity index (χ3n) is 2.68. The molecule has 0 N–H and O–H groups in total. The number of hydrogen-bond donors (Lipinski definition) is 0. The molecule has 1 atom stereocenters. The van der Waals surface area contributed by atoms with Crippen LogP contribution in [0.4, 0.5) is 0 Å². The molecular formula is C12H21NO2. The molecule has 0 amide bonds. The third-order valence-corrected chi connectivity index (χ3v) is 2.68. The number of ether oxygens (including phenoxy) is 1. The fourth-order valence-corrected chi connectivity index (χ4v) is 1.81. The van der Waals surface area contributed by atoms with Gasteiger partial charge in [0, 0.05) is 13.1 Å². The van der Waals surface area contributed by atoms with Gasteiger partial charge in [0.2, 0.25) is 0 Å². The van der Waals surface area contributed by atoms with Gasteiger partial charge in [-0.1, -0.05) is 6.58 Å². The minimum absolute atomic E-state index is 0.163. The van der Waals surface area contributed by atoms with Gasteiger partial charge in [0.1, 0.15) is 5.60 Å². The van der Waals surface area contributed by atoms with Gasteiger partial charge in [0.05, 0.1) is 5.41 Å². The van der Waals surface area contributed by atoms with Crippen molar-refractivity contribution < 1.29 is 9.53 Å². The lowest BCUT2D eigenvalue weighted by molar-refractivity contribution is -0.163. The van der Waals surface area contributed by atoms with Crippen LogP contribution < -0.4 is 0 Å². The van der Waals surface area contributed by atoms with E-state index >= 15 is 0 Å². The zero-order chi connectivity index (χ0) is 11.9. The highest BCUT2D eigenvalue weighted by Gasteiger charge is 2.44. The summed E-state index contributed by atoms with van der Waals surface area (Å²) in [4.78, 5) is 14.1. The van der Waals surface area contributed by atoms with Gasteiger partial charge in [-0.3, -0.25) is 4.79 Å². The molecule has 0 aromatic carbocycles. The first kappa shape index (κ1) is 12.2. The van der Waals surface area contributed by atoms with Crippen molar-refractivity contribution in [3.8, 4) is 0 Å². The van der Waals surface area contributed by atoms with Crippen molar-refractivity contribution >= 4 is 5.97 Å². The van der Waals surface area contributed by atoms with E-state index in [4.69, 9.17) is 4.74 Å². The monoisotopic (exact) mass is 211 g/mol. The first-order valence-electron chi connectivity index (χ1n) is 5.25. The molecule has 0 unspecified atom stereocenters. The predicted molar refractivity (Wildman–Crippen MR) is 60.6 cm³/mol. The van der Waals surface area contributed by atoms with Crippen LogP contribution in [0.2, 0.25) is 0 Å².